The molecule has 0 spiro atoms. The molecule has 0 fully saturated rings. The van der Waals surface area contributed by atoms with Crippen molar-refractivity contribution in [2.24, 2.45) is 0 Å². The van der Waals surface area contributed by atoms with Gasteiger partial charge in [-0.05, 0) is 0 Å². The molecule has 0 aromatic heterocycles. The molecule has 0 heterocycles. The Labute approximate surface area is 102 Å². The maximum atomic E-state index is 2.37. The standard InChI is InChI=1S/C7H16.CH3.2HI.V/c1-3-5-7-6-4-2;;;;/h3-7H2,1-2H3;1H3;2*1H;/q;-1;;;+2/p-2. The summed E-state index contributed by atoms with van der Waals surface area (Å²) in [5, 5.41) is 0. The van der Waals surface area contributed by atoms with Crippen molar-refractivity contribution in [2.75, 3.05) is 0 Å². The monoisotopic (exact) mass is 420 g/mol. The van der Waals surface area contributed by atoms with Crippen molar-refractivity contribution in [1.29, 1.82) is 0 Å². The van der Waals surface area contributed by atoms with Gasteiger partial charge in [-0.15, -0.1) is 0 Å². The third-order valence-corrected chi connectivity index (χ3v) is 1.21. The molecule has 0 aromatic rings. The van der Waals surface area contributed by atoms with Gasteiger partial charge < -0.3 is 7.43 Å². The fourth-order valence-corrected chi connectivity index (χ4v) is 0.677. The number of halogens is 2. The van der Waals surface area contributed by atoms with E-state index in [1.165, 1.54) is 32.1 Å². The normalized spacial score (nSPS) is 7.27. The van der Waals surface area contributed by atoms with E-state index in [4.69, 9.17) is 0 Å². The number of hydrogen-bond donors (Lipinski definition) is 0. The zero-order chi connectivity index (χ0) is 8.24. The summed E-state index contributed by atoms with van der Waals surface area (Å²) in [5.41, 5.74) is 0. The second-order valence-corrected chi connectivity index (χ2v) is 13.9. The van der Waals surface area contributed by atoms with Crippen LogP contribution in [-0.2, 0) is 9.47 Å². The van der Waals surface area contributed by atoms with Crippen LogP contribution in [0.3, 0.4) is 0 Å². The molecule has 0 saturated heterocycles. The predicted octanol–water partition coefficient (Wildman–Crippen LogP) is 5.20. The molecule has 0 atom stereocenters. The molecule has 71 valence electrons. The SMILES string of the molecule is CCCCCCC.[CH3-].[I][V][I]. The Bertz CT molecular complexity index is 39.1. The van der Waals surface area contributed by atoms with E-state index in [-0.39, 0.29) is 7.43 Å². The third kappa shape index (κ3) is 33.3. The van der Waals surface area contributed by atoms with Crippen LogP contribution in [0.2, 0.25) is 0 Å². The average molecular weight is 420 g/mol. The van der Waals surface area contributed by atoms with Crippen LogP contribution in [0, 0.1) is 7.43 Å². The van der Waals surface area contributed by atoms with E-state index in [1.54, 1.807) is 0 Å². The van der Waals surface area contributed by atoms with Crippen LogP contribution < -0.4 is 0 Å². The zero-order valence-electron chi connectivity index (χ0n) is 7.74. The van der Waals surface area contributed by atoms with E-state index in [0.29, 0.717) is 9.47 Å². The van der Waals surface area contributed by atoms with E-state index < -0.39 is 0 Å². The van der Waals surface area contributed by atoms with Gasteiger partial charge in [-0.1, -0.05) is 46.0 Å². The van der Waals surface area contributed by atoms with Crippen LogP contribution in [0.4, 0.5) is 0 Å². The van der Waals surface area contributed by atoms with Gasteiger partial charge in [0.15, 0.2) is 0 Å². The second-order valence-electron chi connectivity index (χ2n) is 2.12. The number of rotatable bonds is 4. The summed E-state index contributed by atoms with van der Waals surface area (Å²) in [6, 6.07) is 0. The van der Waals surface area contributed by atoms with Gasteiger partial charge in [0.25, 0.3) is 0 Å². The Kier molecular flexibility index (Phi) is 38.7. The average Bonchev–Trinajstić information content (AvgIpc) is 1.91. The van der Waals surface area contributed by atoms with Gasteiger partial charge in [-0.2, -0.15) is 0 Å². The first-order chi connectivity index (χ1) is 4.83. The third-order valence-electron chi connectivity index (χ3n) is 1.21. The molecule has 0 aliphatic heterocycles. The number of unbranched alkanes of at least 4 members (excludes halogenated alkanes) is 4. The molecule has 0 aliphatic carbocycles. The van der Waals surface area contributed by atoms with Crippen LogP contribution in [0.25, 0.3) is 0 Å². The molecular weight excluding hydrogens is 401 g/mol. The fraction of sp³-hybridized carbons (Fsp3) is 0.875. The molecule has 0 unspecified atom stereocenters. The Morgan fingerprint density at radius 1 is 0.909 bits per heavy atom. The van der Waals surface area contributed by atoms with Gasteiger partial charge in [0, 0.05) is 0 Å². The molecule has 0 bridgehead atoms. The zero-order valence-corrected chi connectivity index (χ0v) is 13.5. The molecule has 0 saturated carbocycles. The molecule has 0 aliphatic rings. The van der Waals surface area contributed by atoms with Gasteiger partial charge in [-0.25, -0.2) is 0 Å². The van der Waals surface area contributed by atoms with E-state index in [2.05, 4.69) is 53.8 Å². The molecule has 11 heavy (non-hydrogen) atoms. The van der Waals surface area contributed by atoms with Crippen LogP contribution in [-0.4, -0.2) is 0 Å². The van der Waals surface area contributed by atoms with Crippen LogP contribution >= 0.6 is 40.0 Å². The van der Waals surface area contributed by atoms with Crippen molar-refractivity contribution in [3.63, 3.8) is 0 Å². The Balaban J connectivity index is -0.000000140. The summed E-state index contributed by atoms with van der Waals surface area (Å²) in [5.74, 6) is 0. The van der Waals surface area contributed by atoms with Crippen molar-refractivity contribution >= 4 is 40.0 Å². The molecule has 0 N–H and O–H groups in total. The first-order valence-electron chi connectivity index (χ1n) is 3.75. The maximum absolute atomic E-state index is 2.37. The first-order valence-corrected chi connectivity index (χ1v) is 12.8. The van der Waals surface area contributed by atoms with Gasteiger partial charge in [0.1, 0.15) is 0 Å². The van der Waals surface area contributed by atoms with Crippen LogP contribution in [0.1, 0.15) is 46.0 Å². The number of hydrogen-bond acceptors (Lipinski definition) is 0. The van der Waals surface area contributed by atoms with Crippen molar-refractivity contribution in [1.82, 2.24) is 0 Å². The van der Waals surface area contributed by atoms with Crippen molar-refractivity contribution < 1.29 is 9.47 Å². The minimum absolute atomic E-state index is 0. The topological polar surface area (TPSA) is 0 Å². The quantitative estimate of drug-likeness (QED) is 0.334. The van der Waals surface area contributed by atoms with Crippen molar-refractivity contribution in [3.05, 3.63) is 7.43 Å². The van der Waals surface area contributed by atoms with Gasteiger partial charge >= 0.3 is 49.4 Å². The van der Waals surface area contributed by atoms with Crippen LogP contribution in [0.15, 0.2) is 0 Å². The van der Waals surface area contributed by atoms with Crippen molar-refractivity contribution in [2.45, 2.75) is 46.0 Å². The van der Waals surface area contributed by atoms with E-state index >= 15 is 0 Å². The van der Waals surface area contributed by atoms with Crippen molar-refractivity contribution in [3.8, 4) is 0 Å². The molecule has 0 aromatic carbocycles. The molecule has 0 amide bonds. The van der Waals surface area contributed by atoms with Gasteiger partial charge in [0.05, 0.1) is 0 Å². The summed E-state index contributed by atoms with van der Waals surface area (Å²) in [6.07, 6.45) is 7.01. The first kappa shape index (κ1) is 18.8. The van der Waals surface area contributed by atoms with E-state index in [9.17, 15) is 0 Å². The Morgan fingerprint density at radius 3 is 1.36 bits per heavy atom. The summed E-state index contributed by atoms with van der Waals surface area (Å²) < 4.78 is 0. The molecule has 0 radical (unpaired) electrons. The minimum atomic E-state index is 0. The molecular formula is C8H19I2V-. The van der Waals surface area contributed by atoms with E-state index in [0.717, 1.165) is 0 Å². The van der Waals surface area contributed by atoms with E-state index in [1.807, 2.05) is 0 Å². The summed E-state index contributed by atoms with van der Waals surface area (Å²) in [4.78, 5) is 0. The fourth-order valence-electron chi connectivity index (χ4n) is 0.677. The molecule has 0 nitrogen and oxygen atoms in total. The molecule has 0 rings (SSSR count). The Morgan fingerprint density at radius 2 is 1.18 bits per heavy atom. The van der Waals surface area contributed by atoms with Crippen LogP contribution in [0.5, 0.6) is 0 Å². The predicted molar refractivity (Wildman–Crippen MR) is 68.9 cm³/mol. The van der Waals surface area contributed by atoms with Gasteiger partial charge in [0.2, 0.25) is 0 Å². The Hall–Kier alpha value is 2.04. The van der Waals surface area contributed by atoms with Gasteiger partial charge in [-0.3, -0.25) is 0 Å². The second kappa shape index (κ2) is 22.7. The summed E-state index contributed by atoms with van der Waals surface area (Å²) in [7, 11) is 0.628. The summed E-state index contributed by atoms with van der Waals surface area (Å²) in [6.45, 7) is 4.49. The summed E-state index contributed by atoms with van der Waals surface area (Å²) >= 11 is 4.74. The molecule has 3 heteroatoms.